The summed E-state index contributed by atoms with van der Waals surface area (Å²) in [6.45, 7) is 2.68. The second kappa shape index (κ2) is 10.4. The summed E-state index contributed by atoms with van der Waals surface area (Å²) in [5, 5.41) is 0. The fraction of sp³-hybridized carbons (Fsp3) is 0.235. The van der Waals surface area contributed by atoms with Crippen molar-refractivity contribution in [1.29, 1.82) is 0 Å². The first kappa shape index (κ1) is 25.8. The fourth-order valence-electron chi connectivity index (χ4n) is 2.36. The third-order valence-corrected chi connectivity index (χ3v) is 7.86. The molecule has 14 heteroatoms. The molecule has 0 spiro atoms. The minimum Gasteiger partial charge on any atom is -0.302 e. The molecule has 170 valence electrons. The number of hydrogen-bond acceptors (Lipinski definition) is 8. The molecule has 2 aromatic carbocycles. The van der Waals surface area contributed by atoms with E-state index in [1.54, 1.807) is 36.4 Å². The van der Waals surface area contributed by atoms with Crippen LogP contribution in [0.2, 0.25) is 0 Å². The van der Waals surface area contributed by atoms with Gasteiger partial charge in [0.05, 0.1) is 6.10 Å². The van der Waals surface area contributed by atoms with Gasteiger partial charge >= 0.3 is 23.5 Å². The van der Waals surface area contributed by atoms with Gasteiger partial charge in [-0.2, -0.15) is 8.62 Å². The highest BCUT2D eigenvalue weighted by molar-refractivity contribution is 7.66. The van der Waals surface area contributed by atoms with Gasteiger partial charge in [0, 0.05) is 5.56 Å². The second-order valence-corrected chi connectivity index (χ2v) is 10.9. The molecule has 0 aliphatic rings. The molecule has 0 radical (unpaired) electrons. The second-order valence-electron chi connectivity index (χ2n) is 6.35. The quantitative estimate of drug-likeness (QED) is 0.300. The van der Waals surface area contributed by atoms with Crippen LogP contribution in [0, 0.1) is 0 Å². The van der Waals surface area contributed by atoms with E-state index in [9.17, 15) is 33.2 Å². The van der Waals surface area contributed by atoms with Crippen molar-refractivity contribution in [2.45, 2.75) is 26.1 Å². The van der Waals surface area contributed by atoms with Gasteiger partial charge in [0.25, 0.3) is 0 Å². The first-order chi connectivity index (χ1) is 14.3. The topological polar surface area (TPSA) is 166 Å². The Morgan fingerprint density at radius 3 is 1.68 bits per heavy atom. The van der Waals surface area contributed by atoms with Crippen molar-refractivity contribution in [2.75, 3.05) is 0 Å². The summed E-state index contributed by atoms with van der Waals surface area (Å²) >= 11 is 0. The largest absolute Gasteiger partial charge is 0.490 e. The van der Waals surface area contributed by atoms with Gasteiger partial charge in [-0.1, -0.05) is 60.7 Å². The van der Waals surface area contributed by atoms with Crippen LogP contribution >= 0.6 is 23.5 Å². The van der Waals surface area contributed by atoms with E-state index in [4.69, 9.17) is 4.52 Å². The van der Waals surface area contributed by atoms with Crippen molar-refractivity contribution < 1.29 is 50.8 Å². The first-order valence-corrected chi connectivity index (χ1v) is 13.2. The lowest BCUT2D eigenvalue weighted by Gasteiger charge is -2.22. The van der Waals surface area contributed by atoms with E-state index in [2.05, 4.69) is 13.1 Å². The molecule has 31 heavy (non-hydrogen) atoms. The van der Waals surface area contributed by atoms with Crippen LogP contribution in [-0.4, -0.2) is 26.6 Å². The molecule has 0 aromatic heterocycles. The number of Topliss-reactive ketones (excluding diaryl/α,β-unsaturated/α-hetero) is 1. The van der Waals surface area contributed by atoms with Gasteiger partial charge in [0.1, 0.15) is 0 Å². The van der Waals surface area contributed by atoms with Crippen LogP contribution in [0.25, 0.3) is 0 Å². The van der Waals surface area contributed by atoms with Gasteiger partial charge in [-0.05, 0) is 19.4 Å². The number of phosphoric ester groups is 2. The maximum Gasteiger partial charge on any atom is 0.490 e. The van der Waals surface area contributed by atoms with E-state index < -0.39 is 41.5 Å². The maximum atomic E-state index is 12.9. The maximum absolute atomic E-state index is 12.9. The standard InChI is InChI=1S/C17H21O11P3/c1-13(2)25-29(19,20)27-31(23,24)28-30(21,22)26-17(15-11-7-4-8-12-15)16(18)14-9-5-3-6-10-14/h3-13,17H,1-2H3,(H,19,20)(H,21,22)(H,23,24). The lowest BCUT2D eigenvalue weighted by atomic mass is 10.0. The first-order valence-electron chi connectivity index (χ1n) is 8.72. The van der Waals surface area contributed by atoms with E-state index in [1.807, 2.05) is 0 Å². The molecule has 0 aliphatic heterocycles. The van der Waals surface area contributed by atoms with Crippen LogP contribution in [0.1, 0.15) is 35.9 Å². The molecule has 0 bridgehead atoms. The molecule has 2 aromatic rings. The smallest absolute Gasteiger partial charge is 0.302 e. The third-order valence-electron chi connectivity index (χ3n) is 3.39. The highest BCUT2D eigenvalue weighted by atomic mass is 31.3. The van der Waals surface area contributed by atoms with Crippen LogP contribution < -0.4 is 0 Å². The van der Waals surface area contributed by atoms with Crippen LogP contribution in [0.15, 0.2) is 60.7 Å². The van der Waals surface area contributed by atoms with Gasteiger partial charge in [0.15, 0.2) is 11.9 Å². The highest BCUT2D eigenvalue weighted by Crippen LogP contribution is 2.68. The van der Waals surface area contributed by atoms with Gasteiger partial charge < -0.3 is 14.7 Å². The van der Waals surface area contributed by atoms with Crippen LogP contribution in [0.4, 0.5) is 0 Å². The van der Waals surface area contributed by atoms with Crippen molar-refractivity contribution in [3.63, 3.8) is 0 Å². The van der Waals surface area contributed by atoms with Crippen LogP contribution in [0.5, 0.6) is 0 Å². The van der Waals surface area contributed by atoms with Gasteiger partial charge in [-0.25, -0.2) is 13.7 Å². The van der Waals surface area contributed by atoms with Crippen molar-refractivity contribution in [3.8, 4) is 0 Å². The average Bonchev–Trinajstić information content (AvgIpc) is 2.64. The van der Waals surface area contributed by atoms with Crippen molar-refractivity contribution in [1.82, 2.24) is 0 Å². The zero-order chi connectivity index (χ0) is 23.3. The van der Waals surface area contributed by atoms with E-state index >= 15 is 0 Å². The summed E-state index contributed by atoms with van der Waals surface area (Å²) in [5.41, 5.74) is 0.281. The van der Waals surface area contributed by atoms with Crippen LogP contribution in [-0.2, 0) is 31.4 Å². The number of rotatable bonds is 11. The lowest BCUT2D eigenvalue weighted by Crippen LogP contribution is -2.16. The molecule has 0 amide bonds. The van der Waals surface area contributed by atoms with E-state index in [0.29, 0.717) is 0 Å². The number of benzene rings is 2. The van der Waals surface area contributed by atoms with E-state index in [0.717, 1.165) is 0 Å². The summed E-state index contributed by atoms with van der Waals surface area (Å²) in [4.78, 5) is 41.9. The zero-order valence-electron chi connectivity index (χ0n) is 16.4. The monoisotopic (exact) mass is 494 g/mol. The predicted octanol–water partition coefficient (Wildman–Crippen LogP) is 4.39. The Labute approximate surface area is 178 Å². The molecule has 0 saturated heterocycles. The number of ketones is 1. The molecule has 0 heterocycles. The van der Waals surface area contributed by atoms with Crippen LogP contribution in [0.3, 0.4) is 0 Å². The molecule has 11 nitrogen and oxygen atoms in total. The Morgan fingerprint density at radius 2 is 1.19 bits per heavy atom. The highest BCUT2D eigenvalue weighted by Gasteiger charge is 2.44. The SMILES string of the molecule is CC(C)OP(=O)(O)OP(=O)(O)OP(=O)(O)OC(C(=O)c1ccccc1)c1ccccc1. The minimum absolute atomic E-state index is 0.130. The third kappa shape index (κ3) is 8.52. The van der Waals surface area contributed by atoms with Crippen molar-refractivity contribution in [2.24, 2.45) is 0 Å². The van der Waals surface area contributed by atoms with Crippen molar-refractivity contribution in [3.05, 3.63) is 71.8 Å². The Morgan fingerprint density at radius 1 is 0.742 bits per heavy atom. The average molecular weight is 494 g/mol. The molecule has 4 atom stereocenters. The van der Waals surface area contributed by atoms with Crippen molar-refractivity contribution >= 4 is 29.3 Å². The Hall–Kier alpha value is -1.48. The zero-order valence-corrected chi connectivity index (χ0v) is 19.1. The Kier molecular flexibility index (Phi) is 8.67. The molecular formula is C17H21O11P3. The molecular weight excluding hydrogens is 473 g/mol. The predicted molar refractivity (Wildman–Crippen MR) is 109 cm³/mol. The minimum atomic E-state index is -5.63. The Balaban J connectivity index is 2.27. The lowest BCUT2D eigenvalue weighted by molar-refractivity contribution is 0.0699. The van der Waals surface area contributed by atoms with Gasteiger partial charge in [0.2, 0.25) is 0 Å². The number of carbonyl (C=O) groups excluding carboxylic acids is 1. The number of carbonyl (C=O) groups is 1. The molecule has 0 saturated carbocycles. The summed E-state index contributed by atoms with van der Waals surface area (Å²) in [5.74, 6) is -0.741. The summed E-state index contributed by atoms with van der Waals surface area (Å²) in [6.07, 6.45) is -2.58. The molecule has 0 fully saturated rings. The molecule has 0 aliphatic carbocycles. The summed E-state index contributed by atoms with van der Waals surface area (Å²) < 4.78 is 53.5. The van der Waals surface area contributed by atoms with Gasteiger partial charge in [-0.15, -0.1) is 0 Å². The number of phosphoric acid groups is 3. The molecule has 3 N–H and O–H groups in total. The summed E-state index contributed by atoms with van der Waals surface area (Å²) in [6, 6.07) is 15.2. The number of hydrogen-bond donors (Lipinski definition) is 3. The van der Waals surface area contributed by atoms with Gasteiger partial charge in [-0.3, -0.25) is 13.8 Å². The summed E-state index contributed by atoms with van der Waals surface area (Å²) in [7, 11) is -16.2. The normalized spacial score (nSPS) is 18.5. The molecule has 4 unspecified atom stereocenters. The van der Waals surface area contributed by atoms with E-state index in [1.165, 1.54) is 38.1 Å². The molecule has 2 rings (SSSR count). The van der Waals surface area contributed by atoms with E-state index in [-0.39, 0.29) is 11.1 Å². The Bertz CT molecular complexity index is 1030. The fourth-order valence-corrected chi connectivity index (χ4v) is 6.15.